The molecule has 0 spiro atoms. The minimum absolute atomic E-state index is 1.16. The number of hydrogen-bond acceptors (Lipinski definition) is 3. The molecule has 2 aromatic rings. The van der Waals surface area contributed by atoms with E-state index in [1.807, 2.05) is 0 Å². The van der Waals surface area contributed by atoms with Gasteiger partial charge in [-0.15, -0.1) is 0 Å². The van der Waals surface area contributed by atoms with Crippen molar-refractivity contribution >= 4 is 34.9 Å². The molecule has 0 aliphatic carbocycles. The Morgan fingerprint density at radius 2 is 1.55 bits per heavy atom. The second-order valence-corrected chi connectivity index (χ2v) is 10.4. The Kier molecular flexibility index (Phi) is 3.85. The molecular weight excluding hydrogens is 337 g/mol. The number of hydrogen-bond donors (Lipinski definition) is 0. The fourth-order valence-electron chi connectivity index (χ4n) is 3.11. The SMILES string of the molecule is CN1CCN([SeH]2c3ccccc3C=Nc3ccccc32)CC1. The molecule has 1 atom stereocenters. The van der Waals surface area contributed by atoms with Crippen molar-refractivity contribution in [3.8, 4) is 0 Å². The maximum atomic E-state index is 4.76. The summed E-state index contributed by atoms with van der Waals surface area (Å²) in [5.41, 5.74) is 2.47. The predicted octanol–water partition coefficient (Wildman–Crippen LogP) is 0.836. The van der Waals surface area contributed by atoms with Crippen LogP contribution in [-0.4, -0.2) is 62.4 Å². The van der Waals surface area contributed by atoms with Crippen LogP contribution in [0.5, 0.6) is 0 Å². The van der Waals surface area contributed by atoms with Crippen LogP contribution in [-0.2, 0) is 0 Å². The van der Waals surface area contributed by atoms with E-state index in [1.54, 1.807) is 0 Å². The fourth-order valence-corrected chi connectivity index (χ4v) is 8.63. The van der Waals surface area contributed by atoms with Gasteiger partial charge in [-0.1, -0.05) is 0 Å². The Labute approximate surface area is 136 Å². The summed E-state index contributed by atoms with van der Waals surface area (Å²) in [6, 6.07) is 17.6. The van der Waals surface area contributed by atoms with E-state index < -0.39 is 14.1 Å². The summed E-state index contributed by atoms with van der Waals surface area (Å²) in [6.45, 7) is 4.66. The Morgan fingerprint density at radius 1 is 0.864 bits per heavy atom. The van der Waals surface area contributed by atoms with Crippen molar-refractivity contribution in [3.05, 3.63) is 54.1 Å². The number of likely N-dealkylation sites (N-methyl/N-ethyl adjacent to an activating group) is 1. The number of nitrogens with zero attached hydrogens (tertiary/aromatic N) is 3. The van der Waals surface area contributed by atoms with Crippen molar-refractivity contribution in [1.29, 1.82) is 0 Å². The van der Waals surface area contributed by atoms with Gasteiger partial charge in [0, 0.05) is 0 Å². The second-order valence-electron chi connectivity index (χ2n) is 5.87. The van der Waals surface area contributed by atoms with Crippen LogP contribution in [0.4, 0.5) is 5.69 Å². The van der Waals surface area contributed by atoms with E-state index in [9.17, 15) is 0 Å². The van der Waals surface area contributed by atoms with Gasteiger partial charge in [0.2, 0.25) is 0 Å². The van der Waals surface area contributed by atoms with Crippen LogP contribution in [0.15, 0.2) is 53.5 Å². The number of aliphatic imine (C=N–C) groups is 1. The molecule has 0 radical (unpaired) electrons. The minimum atomic E-state index is -1.48. The molecule has 1 saturated heterocycles. The van der Waals surface area contributed by atoms with Crippen LogP contribution >= 0.6 is 0 Å². The first-order valence-electron chi connectivity index (χ1n) is 7.78. The average molecular weight is 358 g/mol. The van der Waals surface area contributed by atoms with Crippen molar-refractivity contribution < 1.29 is 0 Å². The summed E-state index contributed by atoms with van der Waals surface area (Å²) in [7, 11) is 2.22. The van der Waals surface area contributed by atoms with Gasteiger partial charge in [0.25, 0.3) is 0 Å². The molecule has 1 fully saturated rings. The number of piperazine rings is 1. The summed E-state index contributed by atoms with van der Waals surface area (Å²) < 4.78 is 5.74. The first kappa shape index (κ1) is 14.2. The third kappa shape index (κ3) is 2.53. The predicted molar refractivity (Wildman–Crippen MR) is 95.6 cm³/mol. The van der Waals surface area contributed by atoms with Crippen molar-refractivity contribution in [2.24, 2.45) is 4.99 Å². The molecule has 2 aliphatic heterocycles. The van der Waals surface area contributed by atoms with E-state index in [1.165, 1.54) is 27.6 Å². The molecule has 2 aromatic carbocycles. The number of para-hydroxylation sites is 1. The van der Waals surface area contributed by atoms with Crippen LogP contribution in [0, 0.1) is 0 Å². The maximum absolute atomic E-state index is 4.76. The molecule has 22 heavy (non-hydrogen) atoms. The van der Waals surface area contributed by atoms with E-state index in [0.29, 0.717) is 0 Å². The molecule has 4 heteroatoms. The molecule has 0 amide bonds. The van der Waals surface area contributed by atoms with E-state index in [2.05, 4.69) is 70.6 Å². The Balaban J connectivity index is 1.83. The standard InChI is InChI=1S/C18H21N3Se/c1-20-10-12-21(13-11-20)22-17-8-4-2-6-15(17)14-19-16-7-3-5-9-18(16)22/h2-9,14,22H,10-13H2,1H3. The second kappa shape index (κ2) is 5.98. The van der Waals surface area contributed by atoms with Crippen molar-refractivity contribution in [1.82, 2.24) is 8.82 Å². The number of benzene rings is 2. The van der Waals surface area contributed by atoms with Gasteiger partial charge in [0.05, 0.1) is 0 Å². The van der Waals surface area contributed by atoms with Gasteiger partial charge in [-0.3, -0.25) is 0 Å². The molecule has 2 heterocycles. The van der Waals surface area contributed by atoms with Crippen LogP contribution in [0.2, 0.25) is 0 Å². The first-order valence-corrected chi connectivity index (χ1v) is 10.5. The van der Waals surface area contributed by atoms with Crippen LogP contribution in [0.3, 0.4) is 0 Å². The molecular formula is C18H21N3Se. The third-order valence-electron chi connectivity index (χ3n) is 4.38. The fraction of sp³-hybridized carbons (Fsp3) is 0.278. The zero-order chi connectivity index (χ0) is 14.9. The zero-order valence-corrected chi connectivity index (χ0v) is 14.7. The van der Waals surface area contributed by atoms with E-state index in [-0.39, 0.29) is 0 Å². The molecule has 0 N–H and O–H groups in total. The molecule has 0 saturated carbocycles. The van der Waals surface area contributed by atoms with Crippen molar-refractivity contribution in [3.63, 3.8) is 0 Å². The summed E-state index contributed by atoms with van der Waals surface area (Å²) in [5, 5.41) is 0. The molecule has 0 aromatic heterocycles. The Hall–Kier alpha value is -1.45. The molecule has 4 rings (SSSR count). The number of fused-ring (bicyclic) bond motifs is 2. The first-order chi connectivity index (χ1) is 10.8. The molecule has 3 nitrogen and oxygen atoms in total. The number of rotatable bonds is 1. The van der Waals surface area contributed by atoms with Gasteiger partial charge in [-0.05, 0) is 0 Å². The quantitative estimate of drug-likeness (QED) is 0.704. The topological polar surface area (TPSA) is 18.8 Å². The average Bonchev–Trinajstić information content (AvgIpc) is 2.73. The molecule has 1 unspecified atom stereocenters. The van der Waals surface area contributed by atoms with E-state index in [4.69, 9.17) is 4.99 Å². The summed E-state index contributed by atoms with van der Waals surface area (Å²) >= 11 is -1.48. The van der Waals surface area contributed by atoms with Crippen molar-refractivity contribution in [2.45, 2.75) is 0 Å². The zero-order valence-electron chi connectivity index (χ0n) is 12.8. The van der Waals surface area contributed by atoms with E-state index in [0.717, 1.165) is 18.8 Å². The van der Waals surface area contributed by atoms with Gasteiger partial charge in [0.15, 0.2) is 0 Å². The third-order valence-corrected chi connectivity index (χ3v) is 9.97. The van der Waals surface area contributed by atoms with Gasteiger partial charge >= 0.3 is 136 Å². The van der Waals surface area contributed by atoms with Gasteiger partial charge in [0.1, 0.15) is 0 Å². The van der Waals surface area contributed by atoms with Crippen molar-refractivity contribution in [2.75, 3.05) is 33.2 Å². The van der Waals surface area contributed by atoms with Crippen LogP contribution in [0.25, 0.3) is 0 Å². The van der Waals surface area contributed by atoms with Gasteiger partial charge in [-0.25, -0.2) is 0 Å². The Morgan fingerprint density at radius 3 is 2.36 bits per heavy atom. The summed E-state index contributed by atoms with van der Waals surface area (Å²) in [5.74, 6) is 0. The monoisotopic (exact) mass is 359 g/mol. The molecule has 114 valence electrons. The van der Waals surface area contributed by atoms with Gasteiger partial charge < -0.3 is 0 Å². The van der Waals surface area contributed by atoms with Crippen LogP contribution < -0.4 is 8.92 Å². The normalized spacial score (nSPS) is 23.6. The van der Waals surface area contributed by atoms with Crippen LogP contribution in [0.1, 0.15) is 5.56 Å². The van der Waals surface area contributed by atoms with Gasteiger partial charge in [-0.2, -0.15) is 0 Å². The Bertz CT molecular complexity index is 655. The molecule has 0 bridgehead atoms. The van der Waals surface area contributed by atoms with E-state index >= 15 is 0 Å². The summed E-state index contributed by atoms with van der Waals surface area (Å²) in [4.78, 5) is 7.19. The molecule has 2 aliphatic rings. The summed E-state index contributed by atoms with van der Waals surface area (Å²) in [6.07, 6.45) is 2.05.